The molecule has 0 aliphatic heterocycles. The van der Waals surface area contributed by atoms with Crippen LogP contribution in [0.5, 0.6) is 0 Å². The second-order valence-corrected chi connectivity index (χ2v) is 5.46. The number of nitrogens with zero attached hydrogens (tertiary/aromatic N) is 1. The number of benzene rings is 1. The number of amides is 2. The molecular weight excluding hydrogens is 294 g/mol. The van der Waals surface area contributed by atoms with Gasteiger partial charge in [0.25, 0.3) is 0 Å². The van der Waals surface area contributed by atoms with Crippen molar-refractivity contribution in [2.45, 2.75) is 31.6 Å². The molecular formula is C17H21N3O3. The Bertz CT molecular complexity index is 688. The minimum absolute atomic E-state index is 0.0364. The summed E-state index contributed by atoms with van der Waals surface area (Å²) < 4.78 is 4.70. The molecule has 2 aromatic rings. The van der Waals surface area contributed by atoms with Crippen molar-refractivity contribution >= 4 is 22.9 Å². The second kappa shape index (κ2) is 8.12. The Kier molecular flexibility index (Phi) is 5.91. The third-order valence-corrected chi connectivity index (χ3v) is 3.68. The van der Waals surface area contributed by atoms with Gasteiger partial charge in [0, 0.05) is 23.4 Å². The van der Waals surface area contributed by atoms with Gasteiger partial charge < -0.3 is 16.2 Å². The zero-order chi connectivity index (χ0) is 16.7. The number of unbranched alkanes of at least 4 members (excludes halogenated alkanes) is 1. The van der Waals surface area contributed by atoms with Crippen LogP contribution in [-0.2, 0) is 9.53 Å². The van der Waals surface area contributed by atoms with Crippen LogP contribution in [-0.4, -0.2) is 23.6 Å². The fraction of sp³-hybridized carbons (Fsp3) is 0.353. The zero-order valence-corrected chi connectivity index (χ0v) is 12.9. The first-order chi connectivity index (χ1) is 11.1. The van der Waals surface area contributed by atoms with E-state index in [4.69, 9.17) is 16.2 Å². The Morgan fingerprint density at radius 3 is 2.61 bits per heavy atom. The summed E-state index contributed by atoms with van der Waals surface area (Å²) in [5.74, 6) is -0.385. The number of fused-ring (bicyclic) bond motifs is 1. The van der Waals surface area contributed by atoms with E-state index in [0.717, 1.165) is 29.4 Å². The molecule has 0 spiro atoms. The Morgan fingerprint density at radius 2 is 1.87 bits per heavy atom. The number of carbonyl (C=O) groups is 2. The first-order valence-electron chi connectivity index (χ1n) is 7.62. The first kappa shape index (κ1) is 16.7. The molecule has 0 fully saturated rings. The number of hydrogen-bond acceptors (Lipinski definition) is 4. The molecule has 1 heterocycles. The molecule has 6 heteroatoms. The average Bonchev–Trinajstić information content (AvgIpc) is 2.52. The van der Waals surface area contributed by atoms with Gasteiger partial charge in [0.05, 0.1) is 12.1 Å². The highest BCUT2D eigenvalue weighted by molar-refractivity contribution is 5.79. The van der Waals surface area contributed by atoms with Crippen LogP contribution < -0.4 is 11.5 Å². The number of nitrogens with two attached hydrogens (primary N) is 2. The van der Waals surface area contributed by atoms with Gasteiger partial charge in [-0.3, -0.25) is 9.78 Å². The highest BCUT2D eigenvalue weighted by Gasteiger charge is 2.16. The number of primary amides is 2. The molecule has 2 amide bonds. The van der Waals surface area contributed by atoms with Gasteiger partial charge in [-0.15, -0.1) is 0 Å². The van der Waals surface area contributed by atoms with Crippen LogP contribution in [0, 0.1) is 0 Å². The third-order valence-electron chi connectivity index (χ3n) is 3.68. The van der Waals surface area contributed by atoms with E-state index in [2.05, 4.69) is 4.98 Å². The monoisotopic (exact) mass is 315 g/mol. The first-order valence-corrected chi connectivity index (χ1v) is 7.62. The summed E-state index contributed by atoms with van der Waals surface area (Å²) in [5.41, 5.74) is 12.0. The number of rotatable bonds is 8. The number of hydrogen-bond donors (Lipinski definition) is 2. The van der Waals surface area contributed by atoms with Crippen LogP contribution in [0.25, 0.3) is 10.9 Å². The van der Waals surface area contributed by atoms with Crippen molar-refractivity contribution in [2.75, 3.05) is 6.61 Å². The number of ether oxygens (including phenoxy) is 1. The molecule has 0 aliphatic carbocycles. The zero-order valence-electron chi connectivity index (χ0n) is 12.9. The van der Waals surface area contributed by atoms with Crippen LogP contribution in [0.2, 0.25) is 0 Å². The van der Waals surface area contributed by atoms with E-state index in [1.54, 1.807) is 0 Å². The summed E-state index contributed by atoms with van der Waals surface area (Å²) in [5, 5.41) is 1.06. The van der Waals surface area contributed by atoms with Gasteiger partial charge in [-0.2, -0.15) is 0 Å². The number of pyridine rings is 1. The van der Waals surface area contributed by atoms with E-state index in [1.807, 2.05) is 36.4 Å². The van der Waals surface area contributed by atoms with E-state index in [-0.39, 0.29) is 24.9 Å². The maximum Gasteiger partial charge on any atom is 0.404 e. The van der Waals surface area contributed by atoms with Crippen molar-refractivity contribution in [3.63, 3.8) is 0 Å². The van der Waals surface area contributed by atoms with Crippen molar-refractivity contribution in [3.8, 4) is 0 Å². The highest BCUT2D eigenvalue weighted by atomic mass is 16.5. The largest absolute Gasteiger partial charge is 0.450 e. The Hall–Kier alpha value is -2.63. The van der Waals surface area contributed by atoms with Gasteiger partial charge in [0.1, 0.15) is 0 Å². The van der Waals surface area contributed by atoms with Gasteiger partial charge in [-0.1, -0.05) is 24.3 Å². The normalized spacial score (nSPS) is 12.0. The standard InChI is InChI=1S/C17H21N3O3/c18-16(21)11-13(6-3-4-10-23-17(19)22)15-9-8-12-5-1-2-7-14(12)20-15/h1-2,5,7-9,13H,3-4,6,10-11H2,(H2,18,21)(H2,19,22). The van der Waals surface area contributed by atoms with E-state index in [0.29, 0.717) is 6.42 Å². The molecule has 0 saturated carbocycles. The summed E-state index contributed by atoms with van der Waals surface area (Å²) in [6.07, 6.45) is 1.71. The summed E-state index contributed by atoms with van der Waals surface area (Å²) in [7, 11) is 0. The molecule has 0 aliphatic rings. The molecule has 2 rings (SSSR count). The van der Waals surface area contributed by atoms with E-state index in [9.17, 15) is 9.59 Å². The van der Waals surface area contributed by atoms with Crippen LogP contribution in [0.1, 0.15) is 37.3 Å². The third kappa shape index (κ3) is 5.25. The molecule has 1 aromatic carbocycles. The molecule has 6 nitrogen and oxygen atoms in total. The van der Waals surface area contributed by atoms with E-state index >= 15 is 0 Å². The van der Waals surface area contributed by atoms with Crippen LogP contribution in [0.4, 0.5) is 4.79 Å². The Balaban J connectivity index is 2.03. The number of aromatic nitrogens is 1. The quantitative estimate of drug-likeness (QED) is 0.729. The molecule has 0 bridgehead atoms. The minimum atomic E-state index is -0.769. The fourth-order valence-corrected chi connectivity index (χ4v) is 2.57. The molecule has 0 radical (unpaired) electrons. The Morgan fingerprint density at radius 1 is 1.09 bits per heavy atom. The summed E-state index contributed by atoms with van der Waals surface area (Å²) >= 11 is 0. The molecule has 23 heavy (non-hydrogen) atoms. The number of para-hydroxylation sites is 1. The molecule has 1 aromatic heterocycles. The summed E-state index contributed by atoms with van der Waals surface area (Å²) in [4.78, 5) is 26.5. The van der Waals surface area contributed by atoms with Gasteiger partial charge in [0.2, 0.25) is 5.91 Å². The Labute approximate surface area is 134 Å². The van der Waals surface area contributed by atoms with Crippen molar-refractivity contribution in [2.24, 2.45) is 11.5 Å². The second-order valence-electron chi connectivity index (χ2n) is 5.46. The molecule has 122 valence electrons. The smallest absolute Gasteiger partial charge is 0.404 e. The van der Waals surface area contributed by atoms with Crippen molar-refractivity contribution < 1.29 is 14.3 Å². The van der Waals surface area contributed by atoms with Crippen LogP contribution in [0.15, 0.2) is 36.4 Å². The van der Waals surface area contributed by atoms with Crippen molar-refractivity contribution in [1.29, 1.82) is 0 Å². The lowest BCUT2D eigenvalue weighted by Gasteiger charge is -2.15. The van der Waals surface area contributed by atoms with E-state index < -0.39 is 6.09 Å². The fourth-order valence-electron chi connectivity index (χ4n) is 2.57. The van der Waals surface area contributed by atoms with Crippen LogP contribution >= 0.6 is 0 Å². The maximum absolute atomic E-state index is 11.3. The summed E-state index contributed by atoms with van der Waals surface area (Å²) in [6, 6.07) is 11.8. The molecule has 0 saturated heterocycles. The summed E-state index contributed by atoms with van der Waals surface area (Å²) in [6.45, 7) is 0.282. The molecule has 4 N–H and O–H groups in total. The molecule has 1 atom stereocenters. The maximum atomic E-state index is 11.3. The predicted molar refractivity (Wildman–Crippen MR) is 87.7 cm³/mol. The van der Waals surface area contributed by atoms with Gasteiger partial charge in [0.15, 0.2) is 0 Å². The minimum Gasteiger partial charge on any atom is -0.450 e. The van der Waals surface area contributed by atoms with Gasteiger partial charge >= 0.3 is 6.09 Å². The molecule has 1 unspecified atom stereocenters. The van der Waals surface area contributed by atoms with Gasteiger partial charge in [-0.25, -0.2) is 4.79 Å². The number of carbonyl (C=O) groups excluding carboxylic acids is 2. The van der Waals surface area contributed by atoms with Crippen molar-refractivity contribution in [3.05, 3.63) is 42.1 Å². The highest BCUT2D eigenvalue weighted by Crippen LogP contribution is 2.26. The lowest BCUT2D eigenvalue weighted by Crippen LogP contribution is -2.17. The average molecular weight is 315 g/mol. The SMILES string of the molecule is NC(=O)CC(CCCCOC(N)=O)c1ccc2ccccc2n1. The van der Waals surface area contributed by atoms with E-state index in [1.165, 1.54) is 0 Å². The predicted octanol–water partition coefficient (Wildman–Crippen LogP) is 2.46. The lowest BCUT2D eigenvalue weighted by atomic mass is 9.93. The van der Waals surface area contributed by atoms with Crippen LogP contribution in [0.3, 0.4) is 0 Å². The van der Waals surface area contributed by atoms with Gasteiger partial charge in [-0.05, 0) is 31.4 Å². The topological polar surface area (TPSA) is 108 Å². The lowest BCUT2D eigenvalue weighted by molar-refractivity contribution is -0.118. The van der Waals surface area contributed by atoms with Crippen molar-refractivity contribution in [1.82, 2.24) is 4.98 Å².